The molecule has 14 heavy (non-hydrogen) atoms. The Morgan fingerprint density at radius 2 is 2.14 bits per heavy atom. The first-order chi connectivity index (χ1) is 6.62. The van der Waals surface area contributed by atoms with E-state index in [-0.39, 0.29) is 5.75 Å². The van der Waals surface area contributed by atoms with E-state index in [2.05, 4.69) is 11.3 Å². The van der Waals surface area contributed by atoms with Crippen LogP contribution in [0.15, 0.2) is 12.8 Å². The molecule has 0 spiro atoms. The van der Waals surface area contributed by atoms with Gasteiger partial charge in [-0.05, 0) is 12.8 Å². The summed E-state index contributed by atoms with van der Waals surface area (Å²) in [7, 11) is -3.15. The minimum atomic E-state index is -3.15. The molecule has 0 bridgehead atoms. The highest BCUT2D eigenvalue weighted by atomic mass is 35.5. The number of hydrogen-bond donors (Lipinski definition) is 1. The van der Waals surface area contributed by atoms with Crippen molar-refractivity contribution in [1.82, 2.24) is 4.72 Å². The molecule has 0 aromatic heterocycles. The Morgan fingerprint density at radius 3 is 2.71 bits per heavy atom. The number of ether oxygens (including phenoxy) is 1. The van der Waals surface area contributed by atoms with Crippen LogP contribution < -0.4 is 4.72 Å². The van der Waals surface area contributed by atoms with Crippen LogP contribution in [0.1, 0.15) is 12.8 Å². The molecule has 0 amide bonds. The molecule has 6 heteroatoms. The molecule has 0 radical (unpaired) electrons. The van der Waals surface area contributed by atoms with Crippen LogP contribution in [0.2, 0.25) is 0 Å². The van der Waals surface area contributed by atoms with Crippen LogP contribution in [0.4, 0.5) is 0 Å². The molecule has 0 heterocycles. The summed E-state index contributed by atoms with van der Waals surface area (Å²) in [6.07, 6.45) is 2.44. The van der Waals surface area contributed by atoms with E-state index in [1.807, 2.05) is 0 Å². The van der Waals surface area contributed by atoms with Gasteiger partial charge in [-0.25, -0.2) is 13.1 Å². The highest BCUT2D eigenvalue weighted by Crippen LogP contribution is 1.92. The summed E-state index contributed by atoms with van der Waals surface area (Å²) < 4.78 is 29.7. The summed E-state index contributed by atoms with van der Waals surface area (Å²) in [5.74, 6) is 0.444. The van der Waals surface area contributed by atoms with E-state index >= 15 is 0 Å². The third-order valence-electron chi connectivity index (χ3n) is 1.43. The van der Waals surface area contributed by atoms with Gasteiger partial charge < -0.3 is 4.74 Å². The smallest absolute Gasteiger partial charge is 0.211 e. The number of rotatable bonds is 9. The number of sulfonamides is 1. The van der Waals surface area contributed by atoms with Crippen LogP contribution in [0.25, 0.3) is 0 Å². The average molecular weight is 242 g/mol. The van der Waals surface area contributed by atoms with Gasteiger partial charge in [0.25, 0.3) is 0 Å². The third kappa shape index (κ3) is 8.34. The zero-order chi connectivity index (χ0) is 10.9. The fourth-order valence-corrected chi connectivity index (χ4v) is 2.20. The van der Waals surface area contributed by atoms with Gasteiger partial charge in [-0.15, -0.1) is 11.6 Å². The van der Waals surface area contributed by atoms with Crippen molar-refractivity contribution in [3.05, 3.63) is 12.8 Å². The lowest BCUT2D eigenvalue weighted by molar-refractivity contribution is 0.247. The summed E-state index contributed by atoms with van der Waals surface area (Å²) >= 11 is 5.39. The fourth-order valence-electron chi connectivity index (χ4n) is 0.783. The van der Waals surface area contributed by atoms with Gasteiger partial charge in [-0.3, -0.25) is 0 Å². The van der Waals surface area contributed by atoms with E-state index in [1.54, 1.807) is 0 Å². The topological polar surface area (TPSA) is 55.4 Å². The Balaban J connectivity index is 3.50. The molecule has 0 rings (SSSR count). The molecular formula is C8H16ClNO3S. The Morgan fingerprint density at radius 1 is 1.43 bits per heavy atom. The Hall–Kier alpha value is -0.260. The maximum Gasteiger partial charge on any atom is 0.211 e. The second-order valence-corrected chi connectivity index (χ2v) is 4.95. The first kappa shape index (κ1) is 13.7. The van der Waals surface area contributed by atoms with Gasteiger partial charge in [0, 0.05) is 12.4 Å². The van der Waals surface area contributed by atoms with E-state index in [4.69, 9.17) is 16.3 Å². The molecule has 0 unspecified atom stereocenters. The summed E-state index contributed by atoms with van der Waals surface area (Å²) in [5, 5.41) is 0. The molecule has 4 nitrogen and oxygen atoms in total. The molecule has 0 saturated carbocycles. The van der Waals surface area contributed by atoms with Crippen LogP contribution in [-0.4, -0.2) is 33.2 Å². The number of hydrogen-bond acceptors (Lipinski definition) is 3. The van der Waals surface area contributed by atoms with E-state index < -0.39 is 10.0 Å². The Bertz CT molecular complexity index is 241. The van der Waals surface area contributed by atoms with Crippen molar-refractivity contribution in [1.29, 1.82) is 0 Å². The van der Waals surface area contributed by atoms with E-state index in [0.717, 1.165) is 0 Å². The molecular weight excluding hydrogens is 226 g/mol. The van der Waals surface area contributed by atoms with Gasteiger partial charge in [-0.2, -0.15) is 0 Å². The lowest BCUT2D eigenvalue weighted by Gasteiger charge is -2.05. The van der Waals surface area contributed by atoms with Crippen LogP contribution in [-0.2, 0) is 14.8 Å². The van der Waals surface area contributed by atoms with Crippen LogP contribution in [0.5, 0.6) is 0 Å². The number of halogens is 1. The molecule has 0 aliphatic carbocycles. The van der Waals surface area contributed by atoms with Crippen molar-refractivity contribution in [3.8, 4) is 0 Å². The molecule has 1 N–H and O–H groups in total. The first-order valence-corrected chi connectivity index (χ1v) is 6.57. The summed E-state index contributed by atoms with van der Waals surface area (Å²) in [4.78, 5) is 0. The van der Waals surface area contributed by atoms with Crippen molar-refractivity contribution >= 4 is 21.6 Å². The first-order valence-electron chi connectivity index (χ1n) is 4.38. The largest absolute Gasteiger partial charge is 0.502 e. The van der Waals surface area contributed by atoms with Crippen LogP contribution in [0.3, 0.4) is 0 Å². The predicted octanol–water partition coefficient (Wildman–Crippen LogP) is 1.08. The van der Waals surface area contributed by atoms with Gasteiger partial charge in [0.15, 0.2) is 0 Å². The second kappa shape index (κ2) is 8.08. The van der Waals surface area contributed by atoms with Crippen molar-refractivity contribution in [2.75, 3.05) is 24.8 Å². The standard InChI is InChI=1S/C8H16ClNO3S/c1-2-13-7-4-6-10-14(11,12)8-3-5-9/h2,10H,1,3-8H2. The monoisotopic (exact) mass is 241 g/mol. The zero-order valence-electron chi connectivity index (χ0n) is 8.04. The van der Waals surface area contributed by atoms with Crippen LogP contribution in [0, 0.1) is 0 Å². The predicted molar refractivity (Wildman–Crippen MR) is 57.9 cm³/mol. The van der Waals surface area contributed by atoms with E-state index in [1.165, 1.54) is 6.26 Å². The van der Waals surface area contributed by atoms with Gasteiger partial charge in [0.2, 0.25) is 10.0 Å². The zero-order valence-corrected chi connectivity index (χ0v) is 9.61. The normalized spacial score (nSPS) is 11.2. The minimum absolute atomic E-state index is 0.0822. The quantitative estimate of drug-likeness (QED) is 0.374. The Labute approximate surface area is 90.3 Å². The highest BCUT2D eigenvalue weighted by Gasteiger charge is 2.07. The molecule has 0 aliphatic rings. The van der Waals surface area contributed by atoms with Crippen molar-refractivity contribution in [3.63, 3.8) is 0 Å². The van der Waals surface area contributed by atoms with Crippen LogP contribution >= 0.6 is 11.6 Å². The van der Waals surface area contributed by atoms with Crippen molar-refractivity contribution in [2.45, 2.75) is 12.8 Å². The molecule has 0 atom stereocenters. The average Bonchev–Trinajstić information content (AvgIpc) is 2.15. The Kier molecular flexibility index (Phi) is 7.93. The molecule has 0 aliphatic heterocycles. The van der Waals surface area contributed by atoms with Gasteiger partial charge in [-0.1, -0.05) is 6.58 Å². The summed E-state index contributed by atoms with van der Waals surface area (Å²) in [5.41, 5.74) is 0. The van der Waals surface area contributed by atoms with Gasteiger partial charge in [0.1, 0.15) is 0 Å². The van der Waals surface area contributed by atoms with Gasteiger partial charge >= 0.3 is 0 Å². The molecule has 0 aromatic carbocycles. The second-order valence-electron chi connectivity index (χ2n) is 2.65. The maximum absolute atomic E-state index is 11.2. The molecule has 0 saturated heterocycles. The third-order valence-corrected chi connectivity index (χ3v) is 3.16. The fraction of sp³-hybridized carbons (Fsp3) is 0.750. The number of alkyl halides is 1. The van der Waals surface area contributed by atoms with E-state index in [0.29, 0.717) is 31.9 Å². The highest BCUT2D eigenvalue weighted by molar-refractivity contribution is 7.89. The molecule has 0 fully saturated rings. The lowest BCUT2D eigenvalue weighted by atomic mass is 10.5. The molecule has 0 aromatic rings. The number of nitrogens with one attached hydrogen (secondary N) is 1. The minimum Gasteiger partial charge on any atom is -0.502 e. The van der Waals surface area contributed by atoms with Gasteiger partial charge in [0.05, 0.1) is 18.6 Å². The van der Waals surface area contributed by atoms with Crippen molar-refractivity contribution < 1.29 is 13.2 Å². The maximum atomic E-state index is 11.2. The SMILES string of the molecule is C=COCCCNS(=O)(=O)CCCCl. The lowest BCUT2D eigenvalue weighted by Crippen LogP contribution is -2.28. The van der Waals surface area contributed by atoms with Crippen molar-refractivity contribution in [2.24, 2.45) is 0 Å². The summed E-state index contributed by atoms with van der Waals surface area (Å²) in [6, 6.07) is 0. The molecule has 84 valence electrons. The summed E-state index contributed by atoms with van der Waals surface area (Å²) in [6.45, 7) is 4.23. The van der Waals surface area contributed by atoms with E-state index in [9.17, 15) is 8.42 Å².